The van der Waals surface area contributed by atoms with Crippen LogP contribution in [0.25, 0.3) is 0 Å². The zero-order valence-electron chi connectivity index (χ0n) is 18.3. The Labute approximate surface area is 197 Å². The highest BCUT2D eigenvalue weighted by molar-refractivity contribution is 7.14. The maximum Gasteiger partial charge on any atom is 0.275 e. The molecule has 3 aromatic rings. The smallest absolute Gasteiger partial charge is 0.275 e. The maximum absolute atomic E-state index is 12.6. The van der Waals surface area contributed by atoms with Crippen LogP contribution in [0.2, 0.25) is 0 Å². The molecule has 0 atom stereocenters. The van der Waals surface area contributed by atoms with Crippen molar-refractivity contribution in [3.63, 3.8) is 0 Å². The van der Waals surface area contributed by atoms with Crippen molar-refractivity contribution in [2.75, 3.05) is 73.0 Å². The van der Waals surface area contributed by atoms with Crippen LogP contribution in [0.5, 0.6) is 0 Å². The van der Waals surface area contributed by atoms with E-state index in [0.29, 0.717) is 10.8 Å². The highest BCUT2D eigenvalue weighted by Crippen LogP contribution is 2.25. The van der Waals surface area contributed by atoms with Gasteiger partial charge in [0.25, 0.3) is 5.91 Å². The van der Waals surface area contributed by atoms with Crippen LogP contribution in [-0.4, -0.2) is 63.5 Å². The number of anilines is 5. The van der Waals surface area contributed by atoms with E-state index < -0.39 is 0 Å². The number of aromatic nitrogens is 1. The molecule has 0 radical (unpaired) electrons. The number of carbonyl (C=O) groups is 1. The first kappa shape index (κ1) is 21.7. The van der Waals surface area contributed by atoms with Gasteiger partial charge in [-0.3, -0.25) is 4.79 Å². The van der Waals surface area contributed by atoms with Crippen LogP contribution in [0.1, 0.15) is 10.5 Å². The fourth-order valence-corrected chi connectivity index (χ4v) is 4.62. The van der Waals surface area contributed by atoms with Gasteiger partial charge in [0.15, 0.2) is 5.13 Å². The second-order valence-corrected chi connectivity index (χ2v) is 8.77. The Balaban J connectivity index is 1.16. The molecule has 0 spiro atoms. The molecule has 2 saturated heterocycles. The Bertz CT molecular complexity index is 1060. The predicted octanol–water partition coefficient (Wildman–Crippen LogP) is 3.81. The van der Waals surface area contributed by atoms with Crippen LogP contribution in [0.3, 0.4) is 0 Å². The van der Waals surface area contributed by atoms with Crippen molar-refractivity contribution >= 4 is 45.1 Å². The summed E-state index contributed by atoms with van der Waals surface area (Å²) >= 11 is 1.41. The molecule has 2 N–H and O–H groups in total. The second kappa shape index (κ2) is 10.2. The monoisotopic (exact) mass is 465 g/mol. The molecule has 0 bridgehead atoms. The van der Waals surface area contributed by atoms with Gasteiger partial charge in [-0.1, -0.05) is 0 Å². The number of benzene rings is 2. The fraction of sp³-hybridized carbons (Fsp3) is 0.333. The average Bonchev–Trinajstić information content (AvgIpc) is 3.35. The zero-order chi connectivity index (χ0) is 22.5. The van der Waals surface area contributed by atoms with Gasteiger partial charge in [-0.05, 0) is 48.5 Å². The van der Waals surface area contributed by atoms with E-state index in [1.807, 2.05) is 36.4 Å². The highest BCUT2D eigenvalue weighted by atomic mass is 32.1. The van der Waals surface area contributed by atoms with Crippen molar-refractivity contribution < 1.29 is 14.3 Å². The molecular weight excluding hydrogens is 438 g/mol. The lowest BCUT2D eigenvalue weighted by atomic mass is 10.2. The summed E-state index contributed by atoms with van der Waals surface area (Å²) < 4.78 is 10.8. The average molecular weight is 466 g/mol. The molecule has 0 aliphatic carbocycles. The van der Waals surface area contributed by atoms with Gasteiger partial charge < -0.3 is 29.9 Å². The van der Waals surface area contributed by atoms with Gasteiger partial charge in [0.1, 0.15) is 5.69 Å². The second-order valence-electron chi connectivity index (χ2n) is 7.91. The molecule has 0 saturated carbocycles. The molecule has 3 heterocycles. The van der Waals surface area contributed by atoms with E-state index in [1.165, 1.54) is 17.0 Å². The number of hydrogen-bond acceptors (Lipinski definition) is 8. The van der Waals surface area contributed by atoms with Crippen molar-refractivity contribution in [2.45, 2.75) is 0 Å². The summed E-state index contributed by atoms with van der Waals surface area (Å²) in [6.45, 7) is 6.62. The lowest BCUT2D eigenvalue weighted by molar-refractivity contribution is 0.102. The van der Waals surface area contributed by atoms with Crippen LogP contribution in [0.15, 0.2) is 53.9 Å². The van der Waals surface area contributed by atoms with E-state index in [9.17, 15) is 4.79 Å². The highest BCUT2D eigenvalue weighted by Gasteiger charge is 2.14. The number of carbonyl (C=O) groups excluding carboxylic acids is 1. The molecule has 2 aliphatic heterocycles. The SMILES string of the molecule is O=C(Nc1ccc(N2CCOCC2)cc1)c1csc(Nc2ccc(N3CCOCC3)cc2)n1. The molecular formula is C24H27N5O3S. The molecule has 8 nitrogen and oxygen atoms in total. The molecule has 2 aliphatic rings. The number of nitrogens with one attached hydrogen (secondary N) is 2. The van der Waals surface area contributed by atoms with Crippen LogP contribution < -0.4 is 20.4 Å². The Hall–Kier alpha value is -3.14. The van der Waals surface area contributed by atoms with E-state index >= 15 is 0 Å². The van der Waals surface area contributed by atoms with Crippen molar-refractivity contribution in [3.8, 4) is 0 Å². The van der Waals surface area contributed by atoms with Crippen molar-refractivity contribution in [2.24, 2.45) is 0 Å². The van der Waals surface area contributed by atoms with Crippen molar-refractivity contribution in [1.82, 2.24) is 4.98 Å². The van der Waals surface area contributed by atoms with E-state index in [1.54, 1.807) is 5.38 Å². The number of nitrogens with zero attached hydrogens (tertiary/aromatic N) is 3. The van der Waals surface area contributed by atoms with Gasteiger partial charge in [-0.25, -0.2) is 4.98 Å². The topological polar surface area (TPSA) is 79.0 Å². The first-order chi connectivity index (χ1) is 16.2. The maximum atomic E-state index is 12.6. The van der Waals surface area contributed by atoms with E-state index in [4.69, 9.17) is 9.47 Å². The molecule has 2 fully saturated rings. The van der Waals surface area contributed by atoms with Gasteiger partial charge in [0.2, 0.25) is 0 Å². The third-order valence-electron chi connectivity index (χ3n) is 5.73. The van der Waals surface area contributed by atoms with Gasteiger partial charge in [0, 0.05) is 54.3 Å². The van der Waals surface area contributed by atoms with Crippen LogP contribution >= 0.6 is 11.3 Å². The molecule has 5 rings (SSSR count). The minimum absolute atomic E-state index is 0.221. The number of rotatable bonds is 6. The summed E-state index contributed by atoms with van der Waals surface area (Å²) in [6.07, 6.45) is 0. The molecule has 1 amide bonds. The van der Waals surface area contributed by atoms with Gasteiger partial charge in [-0.15, -0.1) is 11.3 Å². The lowest BCUT2D eigenvalue weighted by Gasteiger charge is -2.28. The lowest BCUT2D eigenvalue weighted by Crippen LogP contribution is -2.36. The largest absolute Gasteiger partial charge is 0.378 e. The quantitative estimate of drug-likeness (QED) is 0.573. The number of amides is 1. The molecule has 9 heteroatoms. The Morgan fingerprint density at radius 1 is 0.788 bits per heavy atom. The van der Waals surface area contributed by atoms with E-state index in [0.717, 1.165) is 69.7 Å². The molecule has 1 aromatic heterocycles. The third-order valence-corrected chi connectivity index (χ3v) is 6.49. The Morgan fingerprint density at radius 3 is 1.85 bits per heavy atom. The predicted molar refractivity (Wildman–Crippen MR) is 132 cm³/mol. The first-order valence-corrected chi connectivity index (χ1v) is 12.0. The third kappa shape index (κ3) is 5.44. The summed E-state index contributed by atoms with van der Waals surface area (Å²) in [5.74, 6) is -0.221. The normalized spacial score (nSPS) is 16.5. The van der Waals surface area contributed by atoms with Crippen LogP contribution in [0, 0.1) is 0 Å². The molecule has 2 aromatic carbocycles. The van der Waals surface area contributed by atoms with E-state index in [-0.39, 0.29) is 5.91 Å². The number of ether oxygens (including phenoxy) is 2. The van der Waals surface area contributed by atoms with Crippen LogP contribution in [-0.2, 0) is 9.47 Å². The summed E-state index contributed by atoms with van der Waals surface area (Å²) in [7, 11) is 0. The summed E-state index contributed by atoms with van der Waals surface area (Å²) in [5, 5.41) is 8.66. The number of hydrogen-bond donors (Lipinski definition) is 2. The molecule has 33 heavy (non-hydrogen) atoms. The standard InChI is InChI=1S/C24H27N5O3S/c30-23(25-18-1-5-20(6-2-18)28-9-13-31-14-10-28)22-17-33-24(27-22)26-19-3-7-21(8-4-19)29-11-15-32-16-12-29/h1-8,17H,9-16H2,(H,25,30)(H,26,27). The summed E-state index contributed by atoms with van der Waals surface area (Å²) in [6, 6.07) is 16.1. The first-order valence-electron chi connectivity index (χ1n) is 11.1. The zero-order valence-corrected chi connectivity index (χ0v) is 19.1. The van der Waals surface area contributed by atoms with Crippen molar-refractivity contribution in [1.29, 1.82) is 0 Å². The summed E-state index contributed by atoms with van der Waals surface area (Å²) in [5.41, 5.74) is 4.40. The van der Waals surface area contributed by atoms with Crippen LogP contribution in [0.4, 0.5) is 27.9 Å². The molecule has 172 valence electrons. The summed E-state index contributed by atoms with van der Waals surface area (Å²) in [4.78, 5) is 21.7. The Kier molecular flexibility index (Phi) is 6.71. The van der Waals surface area contributed by atoms with Crippen molar-refractivity contribution in [3.05, 3.63) is 59.6 Å². The van der Waals surface area contributed by atoms with Gasteiger partial charge in [0.05, 0.1) is 26.4 Å². The number of morpholine rings is 2. The minimum atomic E-state index is -0.221. The number of thiazole rings is 1. The van der Waals surface area contributed by atoms with Gasteiger partial charge in [-0.2, -0.15) is 0 Å². The molecule has 0 unspecified atom stereocenters. The fourth-order valence-electron chi connectivity index (χ4n) is 3.91. The minimum Gasteiger partial charge on any atom is -0.378 e. The van der Waals surface area contributed by atoms with Gasteiger partial charge >= 0.3 is 0 Å². The Morgan fingerprint density at radius 2 is 1.30 bits per heavy atom. The van der Waals surface area contributed by atoms with E-state index in [2.05, 4.69) is 37.6 Å².